The van der Waals surface area contributed by atoms with Crippen LogP contribution in [0.25, 0.3) is 11.5 Å². The summed E-state index contributed by atoms with van der Waals surface area (Å²) in [5, 5.41) is 12.7. The maximum Gasteiger partial charge on any atom is 0.336 e. The number of carboxylic acid groups (broad SMARTS) is 1. The molecule has 1 heterocycles. The van der Waals surface area contributed by atoms with Crippen molar-refractivity contribution in [3.05, 3.63) is 35.2 Å². The third-order valence-corrected chi connectivity index (χ3v) is 3.30. The standard InChI is InChI=1S/C12H10F2N2O3S/c1-2-20-5-10-15-11(19-16-10)6-3-8(13)9(14)4-7(6)12(17)18/h3-4H,2,5H2,1H3,(H,17,18). The fraction of sp³-hybridized carbons (Fsp3) is 0.250. The van der Waals surface area contributed by atoms with Gasteiger partial charge in [-0.1, -0.05) is 12.1 Å². The van der Waals surface area contributed by atoms with Gasteiger partial charge in [-0.2, -0.15) is 16.7 Å². The van der Waals surface area contributed by atoms with E-state index in [0.717, 1.165) is 11.8 Å². The van der Waals surface area contributed by atoms with E-state index in [4.69, 9.17) is 9.63 Å². The van der Waals surface area contributed by atoms with Crippen LogP contribution in [-0.4, -0.2) is 27.0 Å². The van der Waals surface area contributed by atoms with E-state index in [2.05, 4.69) is 10.1 Å². The molecule has 0 amide bonds. The van der Waals surface area contributed by atoms with Gasteiger partial charge in [0.2, 0.25) is 0 Å². The van der Waals surface area contributed by atoms with Crippen molar-refractivity contribution < 1.29 is 23.2 Å². The molecule has 0 fully saturated rings. The maximum atomic E-state index is 13.3. The van der Waals surface area contributed by atoms with E-state index >= 15 is 0 Å². The molecule has 106 valence electrons. The van der Waals surface area contributed by atoms with Gasteiger partial charge in [-0.25, -0.2) is 13.6 Å². The molecular formula is C12H10F2N2O3S. The topological polar surface area (TPSA) is 76.2 Å². The van der Waals surface area contributed by atoms with Gasteiger partial charge in [0, 0.05) is 0 Å². The van der Waals surface area contributed by atoms with Gasteiger partial charge in [0.1, 0.15) is 0 Å². The van der Waals surface area contributed by atoms with Crippen LogP contribution in [0.5, 0.6) is 0 Å². The van der Waals surface area contributed by atoms with Crippen molar-refractivity contribution in [1.82, 2.24) is 10.1 Å². The lowest BCUT2D eigenvalue weighted by Crippen LogP contribution is -2.02. The number of carboxylic acids is 1. The molecule has 0 aliphatic rings. The van der Waals surface area contributed by atoms with Crippen LogP contribution in [0.15, 0.2) is 16.7 Å². The highest BCUT2D eigenvalue weighted by Crippen LogP contribution is 2.25. The van der Waals surface area contributed by atoms with Crippen molar-refractivity contribution in [3.8, 4) is 11.5 Å². The Morgan fingerprint density at radius 1 is 1.40 bits per heavy atom. The molecular weight excluding hydrogens is 290 g/mol. The predicted octanol–water partition coefficient (Wildman–Crippen LogP) is 2.97. The zero-order valence-electron chi connectivity index (χ0n) is 10.4. The molecule has 8 heteroatoms. The highest BCUT2D eigenvalue weighted by atomic mass is 32.2. The second-order valence-corrected chi connectivity index (χ2v) is 5.04. The van der Waals surface area contributed by atoms with Crippen molar-refractivity contribution >= 4 is 17.7 Å². The Hall–Kier alpha value is -1.96. The molecule has 0 unspecified atom stereocenters. The number of hydrogen-bond acceptors (Lipinski definition) is 5. The number of rotatable bonds is 5. The largest absolute Gasteiger partial charge is 0.478 e. The third-order valence-electron chi connectivity index (χ3n) is 2.42. The van der Waals surface area contributed by atoms with Crippen molar-refractivity contribution in [2.75, 3.05) is 5.75 Å². The number of benzene rings is 1. The first-order valence-corrected chi connectivity index (χ1v) is 6.81. The summed E-state index contributed by atoms with van der Waals surface area (Å²) in [6, 6.07) is 1.33. The van der Waals surface area contributed by atoms with Crippen molar-refractivity contribution in [2.24, 2.45) is 0 Å². The van der Waals surface area contributed by atoms with E-state index in [-0.39, 0.29) is 11.5 Å². The van der Waals surface area contributed by atoms with Gasteiger partial charge < -0.3 is 9.63 Å². The van der Waals surface area contributed by atoms with Gasteiger partial charge >= 0.3 is 5.97 Å². The van der Waals surface area contributed by atoms with E-state index in [1.54, 1.807) is 11.8 Å². The van der Waals surface area contributed by atoms with E-state index < -0.39 is 23.2 Å². The molecule has 1 aromatic carbocycles. The van der Waals surface area contributed by atoms with Crippen LogP contribution in [-0.2, 0) is 5.75 Å². The number of halogens is 2. The first kappa shape index (κ1) is 14.4. The molecule has 0 saturated heterocycles. The Labute approximate surface area is 117 Å². The monoisotopic (exact) mass is 300 g/mol. The van der Waals surface area contributed by atoms with Gasteiger partial charge in [-0.3, -0.25) is 0 Å². The van der Waals surface area contributed by atoms with Crippen molar-refractivity contribution in [3.63, 3.8) is 0 Å². The second kappa shape index (κ2) is 6.00. The van der Waals surface area contributed by atoms with Gasteiger partial charge in [-0.15, -0.1) is 0 Å². The van der Waals surface area contributed by atoms with Gasteiger partial charge in [0.25, 0.3) is 5.89 Å². The number of thioether (sulfide) groups is 1. The second-order valence-electron chi connectivity index (χ2n) is 3.77. The number of nitrogens with zero attached hydrogens (tertiary/aromatic N) is 2. The molecule has 1 N–H and O–H groups in total. The van der Waals surface area contributed by atoms with Crippen LogP contribution < -0.4 is 0 Å². The number of hydrogen-bond donors (Lipinski definition) is 1. The summed E-state index contributed by atoms with van der Waals surface area (Å²) in [5.41, 5.74) is -0.570. The minimum atomic E-state index is -1.40. The van der Waals surface area contributed by atoms with Crippen LogP contribution in [0.2, 0.25) is 0 Å². The molecule has 0 aliphatic heterocycles. The van der Waals surface area contributed by atoms with E-state index in [0.29, 0.717) is 17.6 Å². The summed E-state index contributed by atoms with van der Waals surface area (Å²) in [6.07, 6.45) is 0. The van der Waals surface area contributed by atoms with Crippen LogP contribution in [0.4, 0.5) is 8.78 Å². The molecule has 1 aromatic heterocycles. The Kier molecular flexibility index (Phi) is 4.33. The highest BCUT2D eigenvalue weighted by Gasteiger charge is 2.20. The van der Waals surface area contributed by atoms with Gasteiger partial charge in [-0.05, 0) is 17.9 Å². The average molecular weight is 300 g/mol. The van der Waals surface area contributed by atoms with E-state index in [1.807, 2.05) is 6.92 Å². The van der Waals surface area contributed by atoms with Crippen LogP contribution >= 0.6 is 11.8 Å². The maximum absolute atomic E-state index is 13.3. The zero-order valence-corrected chi connectivity index (χ0v) is 11.2. The minimum absolute atomic E-state index is 0.142. The summed E-state index contributed by atoms with van der Waals surface area (Å²) >= 11 is 1.55. The first-order valence-electron chi connectivity index (χ1n) is 5.66. The van der Waals surface area contributed by atoms with Crippen LogP contribution in [0.1, 0.15) is 23.1 Å². The molecule has 0 bridgehead atoms. The third kappa shape index (κ3) is 2.96. The highest BCUT2D eigenvalue weighted by molar-refractivity contribution is 7.98. The quantitative estimate of drug-likeness (QED) is 0.915. The number of aromatic nitrogens is 2. The van der Waals surface area contributed by atoms with E-state index in [9.17, 15) is 13.6 Å². The van der Waals surface area contributed by atoms with Crippen molar-refractivity contribution in [1.29, 1.82) is 0 Å². The number of aromatic carboxylic acids is 1. The van der Waals surface area contributed by atoms with Crippen LogP contribution in [0, 0.1) is 11.6 Å². The summed E-state index contributed by atoms with van der Waals surface area (Å²) < 4.78 is 31.3. The lowest BCUT2D eigenvalue weighted by atomic mass is 10.1. The lowest BCUT2D eigenvalue weighted by molar-refractivity contribution is 0.0696. The summed E-state index contributed by atoms with van der Waals surface area (Å²) in [7, 11) is 0. The Morgan fingerprint density at radius 2 is 2.10 bits per heavy atom. The van der Waals surface area contributed by atoms with Crippen LogP contribution in [0.3, 0.4) is 0 Å². The lowest BCUT2D eigenvalue weighted by Gasteiger charge is -2.02. The first-order chi connectivity index (χ1) is 9.52. The predicted molar refractivity (Wildman–Crippen MR) is 68.4 cm³/mol. The van der Waals surface area contributed by atoms with E-state index in [1.165, 1.54) is 0 Å². The molecule has 0 radical (unpaired) electrons. The molecule has 20 heavy (non-hydrogen) atoms. The molecule has 5 nitrogen and oxygen atoms in total. The molecule has 0 spiro atoms. The normalized spacial score (nSPS) is 10.8. The van der Waals surface area contributed by atoms with Gasteiger partial charge in [0.15, 0.2) is 17.5 Å². The Balaban J connectivity index is 2.43. The molecule has 0 saturated carbocycles. The summed E-state index contributed by atoms with van der Waals surface area (Å²) in [5.74, 6) is -2.25. The Morgan fingerprint density at radius 3 is 2.75 bits per heavy atom. The average Bonchev–Trinajstić information content (AvgIpc) is 2.87. The van der Waals surface area contributed by atoms with Gasteiger partial charge in [0.05, 0.1) is 16.9 Å². The zero-order chi connectivity index (χ0) is 14.7. The smallest absolute Gasteiger partial charge is 0.336 e. The van der Waals surface area contributed by atoms with Crippen molar-refractivity contribution in [2.45, 2.75) is 12.7 Å². The minimum Gasteiger partial charge on any atom is -0.478 e. The fourth-order valence-corrected chi connectivity index (χ4v) is 2.02. The summed E-state index contributed by atoms with van der Waals surface area (Å²) in [6.45, 7) is 1.96. The fourth-order valence-electron chi connectivity index (χ4n) is 1.52. The Bertz CT molecular complexity index is 646. The SMILES string of the molecule is CCSCc1noc(-c2cc(F)c(F)cc2C(=O)O)n1. The molecule has 2 rings (SSSR count). The molecule has 0 aliphatic carbocycles. The summed E-state index contributed by atoms with van der Waals surface area (Å²) in [4.78, 5) is 15.0. The molecule has 2 aromatic rings. The number of carbonyl (C=O) groups is 1. The molecule has 0 atom stereocenters.